The van der Waals surface area contributed by atoms with Crippen molar-refractivity contribution in [2.24, 2.45) is 5.10 Å². The number of benzene rings is 2. The second kappa shape index (κ2) is 12.1. The molecule has 0 aliphatic carbocycles. The van der Waals surface area contributed by atoms with Crippen molar-refractivity contribution in [3.63, 3.8) is 0 Å². The number of carbonyl (C=O) groups excluding carboxylic acids is 1. The average Bonchev–Trinajstić information content (AvgIpc) is 2.84. The van der Waals surface area contributed by atoms with Gasteiger partial charge in [0.25, 0.3) is 5.56 Å². The quantitative estimate of drug-likeness (QED) is 0.204. The molecule has 8 nitrogen and oxygen atoms in total. The summed E-state index contributed by atoms with van der Waals surface area (Å²) in [6, 6.07) is 7.10. The molecule has 1 aromatic heterocycles. The van der Waals surface area contributed by atoms with Crippen LogP contribution in [0.3, 0.4) is 0 Å². The van der Waals surface area contributed by atoms with Crippen LogP contribution in [0.5, 0.6) is 11.5 Å². The number of halogens is 3. The number of hydrogen-bond acceptors (Lipinski definition) is 7. The molecule has 0 N–H and O–H groups in total. The first kappa shape index (κ1) is 27.3. The number of esters is 1. The van der Waals surface area contributed by atoms with Crippen LogP contribution in [0.2, 0.25) is 0 Å². The van der Waals surface area contributed by atoms with Crippen molar-refractivity contribution >= 4 is 70.9 Å². The standard InChI is InChI=1S/C24H24Br3N3O5/c1-5-13(3)23-29-17-8-7-15(25)10-16(17)24(32)30(23)28-11-14-9-18(33-4)22(21(27)20(14)26)35-12-19(31)34-6-2/h7-11,13H,5-6,12H2,1-4H3/t13-/m0/s1. The molecule has 35 heavy (non-hydrogen) atoms. The van der Waals surface area contributed by atoms with Gasteiger partial charge in [0.05, 0.1) is 35.3 Å². The van der Waals surface area contributed by atoms with Crippen molar-refractivity contribution < 1.29 is 19.0 Å². The normalized spacial score (nSPS) is 12.2. The highest BCUT2D eigenvalue weighted by atomic mass is 79.9. The lowest BCUT2D eigenvalue weighted by molar-refractivity contribution is -0.145. The van der Waals surface area contributed by atoms with Crippen LogP contribution in [0.4, 0.5) is 0 Å². The van der Waals surface area contributed by atoms with Crippen LogP contribution >= 0.6 is 47.8 Å². The fourth-order valence-corrected chi connectivity index (χ4v) is 4.51. The highest BCUT2D eigenvalue weighted by Gasteiger charge is 2.19. The Kier molecular flexibility index (Phi) is 9.48. The van der Waals surface area contributed by atoms with Gasteiger partial charge in [0, 0.05) is 20.4 Å². The minimum atomic E-state index is -0.490. The largest absolute Gasteiger partial charge is 0.493 e. The van der Waals surface area contributed by atoms with E-state index in [2.05, 4.69) is 52.9 Å². The Morgan fingerprint density at radius 2 is 1.94 bits per heavy atom. The summed E-state index contributed by atoms with van der Waals surface area (Å²) in [5.74, 6) is 0.798. The minimum absolute atomic E-state index is 0.0104. The Balaban J connectivity index is 2.08. The molecule has 0 saturated heterocycles. The van der Waals surface area contributed by atoms with Gasteiger partial charge in [0.2, 0.25) is 0 Å². The molecule has 0 fully saturated rings. The molecule has 0 saturated carbocycles. The summed E-state index contributed by atoms with van der Waals surface area (Å²) in [5, 5.41) is 4.97. The predicted molar refractivity (Wildman–Crippen MR) is 146 cm³/mol. The lowest BCUT2D eigenvalue weighted by Gasteiger charge is -2.16. The third-order valence-corrected chi connectivity index (χ3v) is 7.85. The number of methoxy groups -OCH3 is 1. The van der Waals surface area contributed by atoms with E-state index in [0.29, 0.717) is 42.7 Å². The number of fused-ring (bicyclic) bond motifs is 1. The van der Waals surface area contributed by atoms with Crippen molar-refractivity contribution in [3.05, 3.63) is 59.4 Å². The van der Waals surface area contributed by atoms with E-state index >= 15 is 0 Å². The van der Waals surface area contributed by atoms with E-state index in [0.717, 1.165) is 10.9 Å². The molecule has 0 unspecified atom stereocenters. The third-order valence-electron chi connectivity index (χ3n) is 5.21. The maximum absolute atomic E-state index is 13.4. The molecule has 3 aromatic rings. The van der Waals surface area contributed by atoms with E-state index in [1.165, 1.54) is 11.8 Å². The summed E-state index contributed by atoms with van der Waals surface area (Å²) >= 11 is 10.4. The lowest BCUT2D eigenvalue weighted by atomic mass is 10.1. The van der Waals surface area contributed by atoms with Gasteiger partial charge < -0.3 is 14.2 Å². The van der Waals surface area contributed by atoms with E-state index in [1.54, 1.807) is 25.3 Å². The topological polar surface area (TPSA) is 92.0 Å². The van der Waals surface area contributed by atoms with E-state index in [1.807, 2.05) is 26.0 Å². The molecule has 2 aromatic carbocycles. The van der Waals surface area contributed by atoms with Gasteiger partial charge in [0.15, 0.2) is 18.1 Å². The molecule has 0 radical (unpaired) electrons. The summed E-state index contributed by atoms with van der Waals surface area (Å²) in [6.07, 6.45) is 2.34. The summed E-state index contributed by atoms with van der Waals surface area (Å²) in [7, 11) is 1.49. The molecule has 1 atom stereocenters. The van der Waals surface area contributed by atoms with Gasteiger partial charge in [-0.25, -0.2) is 9.78 Å². The van der Waals surface area contributed by atoms with Gasteiger partial charge in [-0.15, -0.1) is 0 Å². The first-order valence-electron chi connectivity index (χ1n) is 10.8. The van der Waals surface area contributed by atoms with Crippen LogP contribution < -0.4 is 15.0 Å². The maximum Gasteiger partial charge on any atom is 0.344 e. The monoisotopic (exact) mass is 671 g/mol. The van der Waals surface area contributed by atoms with Crippen LogP contribution in [0, 0.1) is 0 Å². The number of ether oxygens (including phenoxy) is 3. The summed E-state index contributed by atoms with van der Waals surface area (Å²) in [4.78, 5) is 29.8. The third kappa shape index (κ3) is 6.13. The Morgan fingerprint density at radius 1 is 1.20 bits per heavy atom. The van der Waals surface area contributed by atoms with Gasteiger partial charge in [-0.05, 0) is 69.5 Å². The fourth-order valence-electron chi connectivity index (χ4n) is 3.22. The Bertz CT molecular complexity index is 1340. The molecular weight excluding hydrogens is 650 g/mol. The molecule has 3 rings (SSSR count). The summed E-state index contributed by atoms with van der Waals surface area (Å²) in [6.45, 7) is 5.75. The number of aromatic nitrogens is 2. The highest BCUT2D eigenvalue weighted by molar-refractivity contribution is 9.13. The van der Waals surface area contributed by atoms with Crippen LogP contribution in [0.15, 0.2) is 47.6 Å². The maximum atomic E-state index is 13.4. The second-order valence-corrected chi connectivity index (χ2v) is 10.0. The van der Waals surface area contributed by atoms with Crippen LogP contribution in [0.25, 0.3) is 10.9 Å². The number of nitrogens with zero attached hydrogens (tertiary/aromatic N) is 3. The number of rotatable bonds is 9. The molecule has 0 bridgehead atoms. The van der Waals surface area contributed by atoms with Crippen molar-refractivity contribution in [3.8, 4) is 11.5 Å². The zero-order chi connectivity index (χ0) is 25.7. The van der Waals surface area contributed by atoms with Crippen molar-refractivity contribution in [2.75, 3.05) is 20.3 Å². The van der Waals surface area contributed by atoms with Gasteiger partial charge >= 0.3 is 5.97 Å². The molecular formula is C24H24Br3N3O5. The molecule has 11 heteroatoms. The fraction of sp³-hybridized carbons (Fsp3) is 0.333. The van der Waals surface area contributed by atoms with Gasteiger partial charge in [-0.1, -0.05) is 29.8 Å². The van der Waals surface area contributed by atoms with Crippen LogP contribution in [-0.4, -0.2) is 42.2 Å². The first-order valence-corrected chi connectivity index (χ1v) is 13.2. The van der Waals surface area contributed by atoms with Gasteiger partial charge in [-0.2, -0.15) is 9.78 Å². The highest BCUT2D eigenvalue weighted by Crippen LogP contribution is 2.42. The molecule has 186 valence electrons. The van der Waals surface area contributed by atoms with Crippen LogP contribution in [0.1, 0.15) is 44.5 Å². The van der Waals surface area contributed by atoms with Gasteiger partial charge in [-0.3, -0.25) is 4.79 Å². The average molecular weight is 674 g/mol. The van der Waals surface area contributed by atoms with Crippen molar-refractivity contribution in [1.29, 1.82) is 0 Å². The Morgan fingerprint density at radius 3 is 2.60 bits per heavy atom. The molecule has 0 aliphatic rings. The zero-order valence-corrected chi connectivity index (χ0v) is 24.4. The van der Waals surface area contributed by atoms with Crippen LogP contribution in [-0.2, 0) is 9.53 Å². The number of carbonyl (C=O) groups is 1. The molecule has 0 spiro atoms. The SMILES string of the molecule is CCOC(=O)COc1c(OC)cc(C=Nn2c([C@@H](C)CC)nc3ccc(Br)cc3c2=O)c(Br)c1Br. The predicted octanol–water partition coefficient (Wildman–Crippen LogP) is 6.03. The van der Waals surface area contributed by atoms with Crippen molar-refractivity contribution in [1.82, 2.24) is 9.66 Å². The molecule has 1 heterocycles. The van der Waals surface area contributed by atoms with Gasteiger partial charge in [0.1, 0.15) is 5.82 Å². The van der Waals surface area contributed by atoms with E-state index in [9.17, 15) is 9.59 Å². The van der Waals surface area contributed by atoms with Crippen molar-refractivity contribution in [2.45, 2.75) is 33.1 Å². The van der Waals surface area contributed by atoms with E-state index < -0.39 is 5.97 Å². The zero-order valence-electron chi connectivity index (χ0n) is 19.6. The first-order chi connectivity index (χ1) is 16.7. The summed E-state index contributed by atoms with van der Waals surface area (Å²) in [5.41, 5.74) is 0.974. The Labute approximate surface area is 228 Å². The molecule has 0 aliphatic heterocycles. The molecule has 0 amide bonds. The summed E-state index contributed by atoms with van der Waals surface area (Å²) < 4.78 is 19.3. The van der Waals surface area contributed by atoms with E-state index in [4.69, 9.17) is 19.2 Å². The van der Waals surface area contributed by atoms with E-state index in [-0.39, 0.29) is 24.7 Å². The minimum Gasteiger partial charge on any atom is -0.493 e. The Hall–Kier alpha value is -2.24. The lowest BCUT2D eigenvalue weighted by Crippen LogP contribution is -2.23. The number of hydrogen-bond donors (Lipinski definition) is 0. The smallest absolute Gasteiger partial charge is 0.344 e. The second-order valence-electron chi connectivity index (χ2n) is 7.52.